The number of hydrogen-bond acceptors (Lipinski definition) is 5. The van der Waals surface area contributed by atoms with Gasteiger partial charge in [0.25, 0.3) is 0 Å². The van der Waals surface area contributed by atoms with Crippen LogP contribution in [0.2, 0.25) is 0 Å². The summed E-state index contributed by atoms with van der Waals surface area (Å²) in [6, 6.07) is 60.6. The van der Waals surface area contributed by atoms with Gasteiger partial charge in [0.2, 0.25) is 0 Å². The van der Waals surface area contributed by atoms with Crippen LogP contribution in [0.5, 0.6) is 11.5 Å². The van der Waals surface area contributed by atoms with Crippen LogP contribution in [0.1, 0.15) is 128 Å². The van der Waals surface area contributed by atoms with Crippen LogP contribution in [0.25, 0.3) is 44.5 Å². The summed E-state index contributed by atoms with van der Waals surface area (Å²) in [6.45, 7) is 37.6. The third-order valence-electron chi connectivity index (χ3n) is 16.4. The summed E-state index contributed by atoms with van der Waals surface area (Å²) >= 11 is 0. The number of rotatable bonds is 7. The minimum absolute atomic E-state index is 0.0131. The van der Waals surface area contributed by atoms with E-state index in [0.717, 1.165) is 51.2 Å². The number of fused-ring (bicyclic) bond motifs is 6. The normalized spacial score (nSPS) is 13.4. The van der Waals surface area contributed by atoms with Gasteiger partial charge in [-0.15, -0.1) is 0 Å². The van der Waals surface area contributed by atoms with Gasteiger partial charge in [0.05, 0.1) is 28.4 Å². The number of nitrogens with zero attached hydrogens (tertiary/aromatic N) is 4. The fourth-order valence-corrected chi connectivity index (χ4v) is 12.1. The first-order chi connectivity index (χ1) is 37.3. The topological polar surface area (TPSA) is 31.8 Å². The van der Waals surface area contributed by atoms with Crippen molar-refractivity contribution in [2.24, 2.45) is 0 Å². The van der Waals surface area contributed by atoms with Gasteiger partial charge in [-0.3, -0.25) is 4.90 Å². The molecule has 0 bridgehead atoms. The van der Waals surface area contributed by atoms with Gasteiger partial charge in [-0.2, -0.15) is 0 Å². The lowest BCUT2D eigenvalue weighted by molar-refractivity contribution is 0.483. The van der Waals surface area contributed by atoms with Gasteiger partial charge in [0.15, 0.2) is 0 Å². The van der Waals surface area contributed by atoms with Gasteiger partial charge in [0, 0.05) is 46.3 Å². The molecule has 5 nitrogen and oxygen atoms in total. The molecule has 0 N–H and O–H groups in total. The highest BCUT2D eigenvalue weighted by molar-refractivity contribution is 6.03. The Balaban J connectivity index is 1.05. The fraction of sp³-hybridized carbons (Fsp3) is 0.284. The summed E-state index contributed by atoms with van der Waals surface area (Å²) in [5, 5.41) is 0. The lowest BCUT2D eigenvalue weighted by atomic mass is 9.77. The predicted octanol–water partition coefficient (Wildman–Crippen LogP) is 21.0. The molecule has 1 aromatic heterocycles. The van der Waals surface area contributed by atoms with Crippen LogP contribution in [0.4, 0.5) is 39.9 Å². The molecular weight excluding hydrogens is 961 g/mol. The number of aryl methyl sites for hydroxylation is 4. The maximum Gasteiger partial charge on any atom is 0.137 e. The quantitative estimate of drug-likeness (QED) is 0.159. The maximum absolute atomic E-state index is 7.05. The Morgan fingerprint density at radius 2 is 0.823 bits per heavy atom. The Hall–Kier alpha value is -7.89. The van der Waals surface area contributed by atoms with Gasteiger partial charge >= 0.3 is 0 Å². The van der Waals surface area contributed by atoms with Crippen molar-refractivity contribution >= 4 is 39.9 Å². The molecule has 5 heteroatoms. The monoisotopic (exact) mass is 1040 g/mol. The molecule has 0 saturated carbocycles. The molecule has 0 atom stereocenters. The molecule has 0 spiro atoms. The van der Waals surface area contributed by atoms with Crippen LogP contribution < -0.4 is 19.4 Å². The number of ether oxygens (including phenoxy) is 1. The second-order valence-electron chi connectivity index (χ2n) is 26.5. The summed E-state index contributed by atoms with van der Waals surface area (Å²) in [4.78, 5) is 12.4. The molecule has 0 amide bonds. The molecule has 0 aliphatic carbocycles. The summed E-state index contributed by atoms with van der Waals surface area (Å²) < 4.78 is 7.05. The highest BCUT2D eigenvalue weighted by atomic mass is 16.5. The second-order valence-corrected chi connectivity index (χ2v) is 26.5. The van der Waals surface area contributed by atoms with E-state index in [1.807, 2.05) is 6.20 Å². The van der Waals surface area contributed by atoms with E-state index in [1.165, 1.54) is 89.3 Å². The van der Waals surface area contributed by atoms with Crippen molar-refractivity contribution in [1.82, 2.24) is 4.98 Å². The van der Waals surface area contributed by atoms with Crippen molar-refractivity contribution in [3.63, 3.8) is 0 Å². The maximum atomic E-state index is 7.05. The van der Waals surface area contributed by atoms with E-state index < -0.39 is 0 Å². The molecular formula is C74H78N4O. The smallest absolute Gasteiger partial charge is 0.137 e. The largest absolute Gasteiger partial charge is 0.457 e. The third-order valence-corrected chi connectivity index (χ3v) is 16.4. The van der Waals surface area contributed by atoms with Crippen LogP contribution in [-0.4, -0.2) is 11.7 Å². The number of benzene rings is 8. The van der Waals surface area contributed by atoms with Crippen molar-refractivity contribution in [3.05, 3.63) is 214 Å². The van der Waals surface area contributed by atoms with E-state index in [0.29, 0.717) is 6.67 Å². The first-order valence-corrected chi connectivity index (χ1v) is 28.3. The first kappa shape index (κ1) is 53.1. The highest BCUT2D eigenvalue weighted by Crippen LogP contribution is 2.55. The Bertz CT molecular complexity index is 3710. The third kappa shape index (κ3) is 9.81. The number of para-hydroxylation sites is 3. The average Bonchev–Trinajstić information content (AvgIpc) is 4.03. The van der Waals surface area contributed by atoms with Crippen LogP contribution in [0.3, 0.4) is 0 Å². The van der Waals surface area contributed by atoms with E-state index in [4.69, 9.17) is 9.72 Å². The molecule has 0 fully saturated rings. The Morgan fingerprint density at radius 1 is 0.367 bits per heavy atom. The van der Waals surface area contributed by atoms with Crippen molar-refractivity contribution in [2.45, 2.75) is 132 Å². The zero-order chi connectivity index (χ0) is 56.1. The Morgan fingerprint density at radius 3 is 1.35 bits per heavy atom. The molecule has 79 heavy (non-hydrogen) atoms. The van der Waals surface area contributed by atoms with E-state index in [-0.39, 0.29) is 21.7 Å². The van der Waals surface area contributed by atoms with Crippen LogP contribution >= 0.6 is 0 Å². The Labute approximate surface area is 471 Å². The molecule has 2 aliphatic rings. The summed E-state index contributed by atoms with van der Waals surface area (Å²) in [5.74, 6) is 2.37. The molecule has 8 aromatic carbocycles. The second kappa shape index (κ2) is 19.5. The van der Waals surface area contributed by atoms with Gasteiger partial charge in [-0.05, 0) is 183 Å². The van der Waals surface area contributed by atoms with E-state index in [9.17, 15) is 0 Å². The standard InChI is InChI=1S/C74H78N4O/c1-46-36-51(72(8,9)10)37-47(2)68(46)61-40-53(74(14,15)16)41-62(69-48(3)38-52(39-49(69)4)73(11,12)13)70(61)77-45-76(64-30-21-22-31-65(64)77)54-24-23-25-55(43-54)79-56-32-33-60-58-27-18-17-26-57(58)59-28-19-20-29-63(59)78(66(60)44-56)67-42-50(34-35-75-67)71(5,6)7/h17-44H,45H2,1-16H3. The highest BCUT2D eigenvalue weighted by Gasteiger charge is 2.35. The minimum atomic E-state index is -0.115. The van der Waals surface area contributed by atoms with Crippen molar-refractivity contribution in [3.8, 4) is 56.0 Å². The molecule has 400 valence electrons. The van der Waals surface area contributed by atoms with Crippen molar-refractivity contribution in [1.29, 1.82) is 0 Å². The van der Waals surface area contributed by atoms with E-state index in [1.54, 1.807) is 0 Å². The average molecular weight is 1040 g/mol. The zero-order valence-corrected chi connectivity index (χ0v) is 49.6. The van der Waals surface area contributed by atoms with Gasteiger partial charge in [0.1, 0.15) is 24.0 Å². The summed E-state index contributed by atoms with van der Waals surface area (Å²) in [6.07, 6.45) is 1.95. The molecule has 0 radical (unpaired) electrons. The van der Waals surface area contributed by atoms with Crippen LogP contribution in [-0.2, 0) is 21.7 Å². The van der Waals surface area contributed by atoms with Gasteiger partial charge in [-0.1, -0.05) is 168 Å². The number of pyridine rings is 1. The van der Waals surface area contributed by atoms with Crippen molar-refractivity contribution in [2.75, 3.05) is 21.4 Å². The van der Waals surface area contributed by atoms with Gasteiger partial charge in [-0.25, -0.2) is 4.98 Å². The molecule has 11 rings (SSSR count). The molecule has 0 saturated heterocycles. The minimum Gasteiger partial charge on any atom is -0.457 e. The van der Waals surface area contributed by atoms with E-state index >= 15 is 0 Å². The predicted molar refractivity (Wildman–Crippen MR) is 337 cm³/mol. The fourth-order valence-electron chi connectivity index (χ4n) is 12.1. The summed E-state index contributed by atoms with van der Waals surface area (Å²) in [7, 11) is 0. The molecule has 0 unspecified atom stereocenters. The van der Waals surface area contributed by atoms with Crippen LogP contribution in [0.15, 0.2) is 170 Å². The lowest BCUT2D eigenvalue weighted by Gasteiger charge is -2.32. The Kier molecular flexibility index (Phi) is 13.1. The van der Waals surface area contributed by atoms with Crippen molar-refractivity contribution < 1.29 is 4.74 Å². The number of anilines is 7. The van der Waals surface area contributed by atoms with Crippen LogP contribution in [0, 0.1) is 27.7 Å². The van der Waals surface area contributed by atoms with Gasteiger partial charge < -0.3 is 14.5 Å². The number of hydrogen-bond donors (Lipinski definition) is 0. The molecule has 3 heterocycles. The molecule has 2 aliphatic heterocycles. The first-order valence-electron chi connectivity index (χ1n) is 28.3. The zero-order valence-electron chi connectivity index (χ0n) is 49.6. The summed E-state index contributed by atoms with van der Waals surface area (Å²) in [5.41, 5.74) is 26.7. The molecule has 9 aromatic rings. The SMILES string of the molecule is Cc1cc(C(C)(C)C)cc(C)c1-c1cc(C(C)(C)C)cc(-c2c(C)cc(C(C)(C)C)cc2C)c1N1CN(c2cccc(Oc3ccc4c(c3)N(c3cc(C(C)(C)C)ccn3)c3ccccc3-c3ccccc3-4)c2)c2ccccc21. The lowest BCUT2D eigenvalue weighted by Crippen LogP contribution is -2.25. The van der Waals surface area contributed by atoms with E-state index in [2.05, 4.69) is 289 Å². The number of aromatic nitrogens is 1.